The van der Waals surface area contributed by atoms with Crippen LogP contribution in [-0.4, -0.2) is 47.4 Å². The van der Waals surface area contributed by atoms with E-state index in [1.165, 1.54) is 13.3 Å². The van der Waals surface area contributed by atoms with Crippen LogP contribution in [0.4, 0.5) is 5.82 Å². The quantitative estimate of drug-likeness (QED) is 0.314. The van der Waals surface area contributed by atoms with Crippen LogP contribution < -0.4 is 19.5 Å². The molecular formula is C26H27N3O6. The Morgan fingerprint density at radius 2 is 1.97 bits per heavy atom. The van der Waals surface area contributed by atoms with Gasteiger partial charge in [0.1, 0.15) is 23.5 Å². The zero-order valence-electron chi connectivity index (χ0n) is 19.8. The van der Waals surface area contributed by atoms with Crippen LogP contribution >= 0.6 is 0 Å². The molecule has 1 unspecified atom stereocenters. The second-order valence-corrected chi connectivity index (χ2v) is 7.78. The molecular weight excluding hydrogens is 450 g/mol. The van der Waals surface area contributed by atoms with Crippen LogP contribution in [0.1, 0.15) is 19.4 Å². The van der Waals surface area contributed by atoms with E-state index in [2.05, 4.69) is 21.4 Å². The Morgan fingerprint density at radius 1 is 1.11 bits per heavy atom. The Kier molecular flexibility index (Phi) is 7.35. The SMILES string of the molecule is CCOc1cc(-c2cc(NCCc3cc4ccoc4cc3OC)ncn2)ccc1OC(C)C(=O)O. The summed E-state index contributed by atoms with van der Waals surface area (Å²) in [5.74, 6) is 1.22. The molecule has 1 atom stereocenters. The van der Waals surface area contributed by atoms with Gasteiger partial charge in [0, 0.05) is 29.6 Å². The predicted octanol–water partition coefficient (Wildman–Crippen LogP) is 4.80. The predicted molar refractivity (Wildman–Crippen MR) is 131 cm³/mol. The highest BCUT2D eigenvalue weighted by molar-refractivity contribution is 5.80. The lowest BCUT2D eigenvalue weighted by Crippen LogP contribution is -2.23. The number of carboxylic acids is 1. The number of hydrogen-bond acceptors (Lipinski definition) is 8. The second kappa shape index (κ2) is 10.8. The molecule has 35 heavy (non-hydrogen) atoms. The summed E-state index contributed by atoms with van der Waals surface area (Å²) >= 11 is 0. The van der Waals surface area contributed by atoms with Crippen molar-refractivity contribution in [2.45, 2.75) is 26.4 Å². The van der Waals surface area contributed by atoms with E-state index in [0.717, 1.165) is 34.3 Å². The van der Waals surface area contributed by atoms with E-state index in [0.29, 0.717) is 36.2 Å². The van der Waals surface area contributed by atoms with E-state index in [9.17, 15) is 4.79 Å². The van der Waals surface area contributed by atoms with Crippen molar-refractivity contribution in [2.24, 2.45) is 0 Å². The summed E-state index contributed by atoms with van der Waals surface area (Å²) in [6.45, 7) is 4.37. The molecule has 0 bridgehead atoms. The van der Waals surface area contributed by atoms with Crippen molar-refractivity contribution in [3.8, 4) is 28.5 Å². The van der Waals surface area contributed by atoms with Gasteiger partial charge < -0.3 is 29.1 Å². The number of furan rings is 1. The Hall–Kier alpha value is -4.27. The highest BCUT2D eigenvalue weighted by Crippen LogP contribution is 2.33. The first-order valence-corrected chi connectivity index (χ1v) is 11.2. The van der Waals surface area contributed by atoms with E-state index in [1.54, 1.807) is 25.5 Å². The van der Waals surface area contributed by atoms with Gasteiger partial charge in [0.25, 0.3) is 0 Å². The minimum absolute atomic E-state index is 0.362. The van der Waals surface area contributed by atoms with Crippen LogP contribution in [-0.2, 0) is 11.2 Å². The number of fused-ring (bicyclic) bond motifs is 1. The highest BCUT2D eigenvalue weighted by Gasteiger charge is 2.17. The molecule has 0 aliphatic rings. The molecule has 2 aromatic carbocycles. The van der Waals surface area contributed by atoms with Gasteiger partial charge in [-0.25, -0.2) is 14.8 Å². The third-order valence-electron chi connectivity index (χ3n) is 5.41. The number of carbonyl (C=O) groups is 1. The third kappa shape index (κ3) is 5.63. The van der Waals surface area contributed by atoms with E-state index in [4.69, 9.17) is 23.7 Å². The average Bonchev–Trinajstić information content (AvgIpc) is 3.32. The summed E-state index contributed by atoms with van der Waals surface area (Å²) in [4.78, 5) is 19.9. The molecule has 9 nitrogen and oxygen atoms in total. The molecule has 0 spiro atoms. The average molecular weight is 478 g/mol. The van der Waals surface area contributed by atoms with Crippen LogP contribution in [0.2, 0.25) is 0 Å². The molecule has 0 saturated carbocycles. The first-order chi connectivity index (χ1) is 17.0. The van der Waals surface area contributed by atoms with Crippen molar-refractivity contribution >= 4 is 22.8 Å². The molecule has 2 heterocycles. The standard InChI is InChI=1S/C26H27N3O6/c1-4-33-24-12-17(5-6-21(24)35-16(2)26(30)31)20-13-25(29-15-28-20)27-9-7-18-11-19-8-10-34-23(19)14-22(18)32-3/h5-6,8,10-16H,4,7,9H2,1-3H3,(H,30,31)(H,27,28,29). The van der Waals surface area contributed by atoms with Crippen molar-refractivity contribution in [3.05, 3.63) is 60.6 Å². The zero-order valence-corrected chi connectivity index (χ0v) is 19.8. The monoisotopic (exact) mass is 477 g/mol. The number of benzene rings is 2. The van der Waals surface area contributed by atoms with Crippen LogP contribution in [0, 0.1) is 0 Å². The number of anilines is 1. The lowest BCUT2D eigenvalue weighted by molar-refractivity contribution is -0.144. The summed E-state index contributed by atoms with van der Waals surface area (Å²) < 4.78 is 22.2. The van der Waals surface area contributed by atoms with Crippen molar-refractivity contribution in [3.63, 3.8) is 0 Å². The number of ether oxygens (including phenoxy) is 3. The molecule has 0 saturated heterocycles. The fourth-order valence-electron chi connectivity index (χ4n) is 3.63. The lowest BCUT2D eigenvalue weighted by atomic mass is 10.1. The van der Waals surface area contributed by atoms with Gasteiger partial charge in [-0.1, -0.05) is 0 Å². The van der Waals surface area contributed by atoms with Gasteiger partial charge in [0.05, 0.1) is 25.7 Å². The molecule has 2 N–H and O–H groups in total. The Morgan fingerprint density at radius 3 is 2.74 bits per heavy atom. The van der Waals surface area contributed by atoms with Gasteiger partial charge in [0.15, 0.2) is 17.6 Å². The summed E-state index contributed by atoms with van der Waals surface area (Å²) in [6, 6.07) is 13.0. The number of nitrogens with one attached hydrogen (secondary N) is 1. The van der Waals surface area contributed by atoms with Crippen molar-refractivity contribution in [1.82, 2.24) is 9.97 Å². The van der Waals surface area contributed by atoms with Crippen LogP contribution in [0.3, 0.4) is 0 Å². The van der Waals surface area contributed by atoms with Gasteiger partial charge in [-0.2, -0.15) is 0 Å². The molecule has 2 aromatic heterocycles. The van der Waals surface area contributed by atoms with Crippen molar-refractivity contribution < 1.29 is 28.5 Å². The first-order valence-electron chi connectivity index (χ1n) is 11.2. The topological polar surface area (TPSA) is 116 Å². The number of hydrogen-bond donors (Lipinski definition) is 2. The zero-order chi connectivity index (χ0) is 24.8. The van der Waals surface area contributed by atoms with Gasteiger partial charge in [-0.15, -0.1) is 0 Å². The summed E-state index contributed by atoms with van der Waals surface area (Å²) in [5, 5.41) is 13.5. The van der Waals surface area contributed by atoms with E-state index in [-0.39, 0.29) is 0 Å². The number of carboxylic acid groups (broad SMARTS) is 1. The minimum Gasteiger partial charge on any atom is -0.496 e. The van der Waals surface area contributed by atoms with E-state index >= 15 is 0 Å². The molecule has 0 fully saturated rings. The van der Waals surface area contributed by atoms with Crippen LogP contribution in [0.25, 0.3) is 22.2 Å². The van der Waals surface area contributed by atoms with Gasteiger partial charge in [0.2, 0.25) is 0 Å². The number of rotatable bonds is 11. The number of aliphatic carboxylic acids is 1. The van der Waals surface area contributed by atoms with Crippen molar-refractivity contribution in [1.29, 1.82) is 0 Å². The van der Waals surface area contributed by atoms with Crippen LogP contribution in [0.5, 0.6) is 17.2 Å². The summed E-state index contributed by atoms with van der Waals surface area (Å²) in [6.07, 6.45) is 2.89. The first kappa shape index (κ1) is 23.9. The number of aromatic nitrogens is 2. The second-order valence-electron chi connectivity index (χ2n) is 7.78. The Balaban J connectivity index is 1.48. The molecule has 9 heteroatoms. The van der Waals surface area contributed by atoms with Gasteiger partial charge >= 0.3 is 5.97 Å². The molecule has 4 rings (SSSR count). The maximum Gasteiger partial charge on any atom is 0.344 e. The van der Waals surface area contributed by atoms with Crippen molar-refractivity contribution in [2.75, 3.05) is 25.6 Å². The van der Waals surface area contributed by atoms with Crippen LogP contribution in [0.15, 0.2) is 59.5 Å². The maximum atomic E-state index is 11.2. The molecule has 4 aromatic rings. The number of nitrogens with zero attached hydrogens (tertiary/aromatic N) is 2. The third-order valence-corrected chi connectivity index (χ3v) is 5.41. The Bertz CT molecular complexity index is 1320. The molecule has 0 aliphatic heterocycles. The molecule has 0 amide bonds. The smallest absolute Gasteiger partial charge is 0.344 e. The van der Waals surface area contributed by atoms with E-state index < -0.39 is 12.1 Å². The number of methoxy groups -OCH3 is 1. The normalized spacial score (nSPS) is 11.7. The lowest BCUT2D eigenvalue weighted by Gasteiger charge is -2.16. The fourth-order valence-corrected chi connectivity index (χ4v) is 3.63. The highest BCUT2D eigenvalue weighted by atomic mass is 16.5. The summed E-state index contributed by atoms with van der Waals surface area (Å²) in [5.41, 5.74) is 3.34. The van der Waals surface area contributed by atoms with Gasteiger partial charge in [-0.05, 0) is 56.2 Å². The minimum atomic E-state index is -1.05. The maximum absolute atomic E-state index is 11.2. The Labute approximate surface area is 202 Å². The molecule has 0 aliphatic carbocycles. The largest absolute Gasteiger partial charge is 0.496 e. The molecule has 182 valence electrons. The van der Waals surface area contributed by atoms with Gasteiger partial charge in [-0.3, -0.25) is 0 Å². The molecule has 0 radical (unpaired) electrons. The van der Waals surface area contributed by atoms with E-state index in [1.807, 2.05) is 31.2 Å². The summed E-state index contributed by atoms with van der Waals surface area (Å²) in [7, 11) is 1.65. The fraction of sp³-hybridized carbons (Fsp3) is 0.269.